The number of aliphatic hydroxyl groups excluding tert-OH is 1. The van der Waals surface area contributed by atoms with Gasteiger partial charge in [-0.1, -0.05) is 0 Å². The van der Waals surface area contributed by atoms with Crippen molar-refractivity contribution in [1.29, 1.82) is 0 Å². The number of benzene rings is 1. The summed E-state index contributed by atoms with van der Waals surface area (Å²) in [5.41, 5.74) is 0.911. The summed E-state index contributed by atoms with van der Waals surface area (Å²) >= 11 is 1.49. The summed E-state index contributed by atoms with van der Waals surface area (Å²) in [4.78, 5) is 12.0. The molecular formula is C15H15F2NO3S. The number of nitrogens with one attached hydrogen (secondary N) is 1. The first kappa shape index (κ1) is 16.5. The van der Waals surface area contributed by atoms with E-state index in [1.165, 1.54) is 17.4 Å². The quantitative estimate of drug-likeness (QED) is 0.821. The molecule has 0 saturated heterocycles. The number of amides is 1. The van der Waals surface area contributed by atoms with Gasteiger partial charge in [0, 0.05) is 12.1 Å². The maximum atomic E-state index is 13.1. The Morgan fingerprint density at radius 3 is 2.77 bits per heavy atom. The van der Waals surface area contributed by atoms with E-state index in [4.69, 9.17) is 9.84 Å². The number of ether oxygens (including phenoxy) is 1. The second kappa shape index (κ2) is 7.98. The van der Waals surface area contributed by atoms with Crippen LogP contribution in [0.3, 0.4) is 0 Å². The Hall–Kier alpha value is -1.83. The summed E-state index contributed by atoms with van der Waals surface area (Å²) in [6, 6.07) is 4.82. The first-order valence-corrected chi connectivity index (χ1v) is 7.54. The van der Waals surface area contributed by atoms with Crippen LogP contribution in [0.25, 0.3) is 0 Å². The number of aliphatic hydroxyl groups is 1. The smallest absolute Gasteiger partial charge is 0.251 e. The minimum Gasteiger partial charge on any atom is -0.394 e. The maximum absolute atomic E-state index is 13.1. The van der Waals surface area contributed by atoms with Crippen LogP contribution in [-0.4, -0.2) is 30.8 Å². The molecule has 0 radical (unpaired) electrons. The predicted octanol–water partition coefficient (Wildman–Crippen LogP) is 2.51. The van der Waals surface area contributed by atoms with Gasteiger partial charge in [-0.3, -0.25) is 4.79 Å². The van der Waals surface area contributed by atoms with E-state index in [9.17, 15) is 13.6 Å². The summed E-state index contributed by atoms with van der Waals surface area (Å²) in [5.74, 6) is -2.59. The summed E-state index contributed by atoms with van der Waals surface area (Å²) in [6.07, 6.45) is -0.410. The Bertz CT molecular complexity index is 619. The molecule has 2 aromatic rings. The highest BCUT2D eigenvalue weighted by atomic mass is 32.1. The van der Waals surface area contributed by atoms with Crippen molar-refractivity contribution in [2.75, 3.05) is 19.8 Å². The number of carbonyl (C=O) groups is 1. The van der Waals surface area contributed by atoms with E-state index in [-0.39, 0.29) is 25.3 Å². The van der Waals surface area contributed by atoms with Crippen molar-refractivity contribution >= 4 is 17.2 Å². The zero-order valence-corrected chi connectivity index (χ0v) is 12.4. The van der Waals surface area contributed by atoms with Crippen LogP contribution in [0.5, 0.6) is 0 Å². The third-order valence-electron chi connectivity index (χ3n) is 2.96. The van der Waals surface area contributed by atoms with Crippen molar-refractivity contribution in [3.05, 3.63) is 57.8 Å². The Morgan fingerprint density at radius 2 is 2.14 bits per heavy atom. The zero-order chi connectivity index (χ0) is 15.9. The highest BCUT2D eigenvalue weighted by Crippen LogP contribution is 2.19. The van der Waals surface area contributed by atoms with E-state index in [0.717, 1.165) is 17.7 Å². The van der Waals surface area contributed by atoms with Crippen LogP contribution < -0.4 is 5.32 Å². The highest BCUT2D eigenvalue weighted by Gasteiger charge is 2.15. The summed E-state index contributed by atoms with van der Waals surface area (Å²) < 4.78 is 31.4. The van der Waals surface area contributed by atoms with Crippen LogP contribution in [0.4, 0.5) is 8.78 Å². The Balaban J connectivity index is 1.99. The van der Waals surface area contributed by atoms with Crippen LogP contribution >= 0.6 is 11.3 Å². The molecule has 0 aliphatic heterocycles. The average Bonchev–Trinajstić information content (AvgIpc) is 3.04. The van der Waals surface area contributed by atoms with Crippen LogP contribution in [-0.2, 0) is 4.74 Å². The number of carbonyl (C=O) groups excluding carboxylic acids is 1. The Labute approximate surface area is 130 Å². The standard InChI is InChI=1S/C15H15F2NO3S/c16-12-2-1-10(7-13(12)17)15(20)18-8-14(21-5-4-19)11-3-6-22-9-11/h1-3,6-7,9,14,19H,4-5,8H2,(H,18,20)/t14-/m0/s1. The maximum Gasteiger partial charge on any atom is 0.251 e. The van der Waals surface area contributed by atoms with Gasteiger partial charge >= 0.3 is 0 Å². The van der Waals surface area contributed by atoms with E-state index < -0.39 is 23.6 Å². The normalized spacial score (nSPS) is 12.1. The minimum atomic E-state index is -1.07. The summed E-state index contributed by atoms with van der Waals surface area (Å²) in [5, 5.41) is 15.2. The number of hydrogen-bond acceptors (Lipinski definition) is 4. The average molecular weight is 327 g/mol. The molecule has 7 heteroatoms. The van der Waals surface area contributed by atoms with Gasteiger partial charge < -0.3 is 15.2 Å². The second-order valence-corrected chi connectivity index (χ2v) is 5.26. The molecule has 2 rings (SSSR count). The topological polar surface area (TPSA) is 58.6 Å². The molecule has 0 aliphatic carbocycles. The number of hydrogen-bond donors (Lipinski definition) is 2. The SMILES string of the molecule is O=C(NC[C@H](OCCO)c1ccsc1)c1ccc(F)c(F)c1. The van der Waals surface area contributed by atoms with E-state index in [1.54, 1.807) is 0 Å². The molecule has 0 unspecified atom stereocenters. The first-order valence-electron chi connectivity index (χ1n) is 6.59. The van der Waals surface area contributed by atoms with Gasteiger partial charge in [-0.05, 0) is 40.6 Å². The van der Waals surface area contributed by atoms with Gasteiger partial charge in [0.25, 0.3) is 5.91 Å². The van der Waals surface area contributed by atoms with Gasteiger partial charge in [0.15, 0.2) is 11.6 Å². The van der Waals surface area contributed by atoms with Gasteiger partial charge in [0.1, 0.15) is 6.10 Å². The van der Waals surface area contributed by atoms with Gasteiger partial charge in [0.05, 0.1) is 13.2 Å². The molecule has 1 aromatic carbocycles. The molecule has 0 fully saturated rings. The van der Waals surface area contributed by atoms with E-state index in [0.29, 0.717) is 0 Å². The van der Waals surface area contributed by atoms with Crippen molar-refractivity contribution in [3.8, 4) is 0 Å². The van der Waals surface area contributed by atoms with Crippen LogP contribution in [0.1, 0.15) is 22.0 Å². The molecule has 1 heterocycles. The van der Waals surface area contributed by atoms with Gasteiger partial charge in [0.2, 0.25) is 0 Å². The van der Waals surface area contributed by atoms with E-state index in [1.807, 2.05) is 16.8 Å². The highest BCUT2D eigenvalue weighted by molar-refractivity contribution is 7.07. The lowest BCUT2D eigenvalue weighted by Crippen LogP contribution is -2.30. The molecule has 1 atom stereocenters. The number of halogens is 2. The number of rotatable bonds is 7. The van der Waals surface area contributed by atoms with Gasteiger partial charge in [-0.15, -0.1) is 0 Å². The fraction of sp³-hybridized carbons (Fsp3) is 0.267. The van der Waals surface area contributed by atoms with Crippen molar-refractivity contribution in [2.24, 2.45) is 0 Å². The van der Waals surface area contributed by atoms with E-state index in [2.05, 4.69) is 5.32 Å². The van der Waals surface area contributed by atoms with Crippen LogP contribution in [0.15, 0.2) is 35.0 Å². The van der Waals surface area contributed by atoms with Crippen LogP contribution in [0, 0.1) is 11.6 Å². The number of thiophene rings is 1. The molecule has 118 valence electrons. The van der Waals surface area contributed by atoms with Crippen molar-refractivity contribution in [1.82, 2.24) is 5.32 Å². The molecule has 1 aromatic heterocycles. The second-order valence-electron chi connectivity index (χ2n) is 4.48. The molecule has 1 amide bonds. The van der Waals surface area contributed by atoms with Crippen molar-refractivity contribution < 1.29 is 23.4 Å². The fourth-order valence-corrected chi connectivity index (χ4v) is 2.55. The molecule has 2 N–H and O–H groups in total. The van der Waals surface area contributed by atoms with Crippen molar-refractivity contribution in [3.63, 3.8) is 0 Å². The lowest BCUT2D eigenvalue weighted by atomic mass is 10.1. The first-order chi connectivity index (χ1) is 10.6. The largest absolute Gasteiger partial charge is 0.394 e. The Morgan fingerprint density at radius 1 is 1.32 bits per heavy atom. The molecule has 0 spiro atoms. The molecule has 0 saturated carbocycles. The fourth-order valence-electron chi connectivity index (χ4n) is 1.85. The lowest BCUT2D eigenvalue weighted by Gasteiger charge is -2.17. The zero-order valence-electron chi connectivity index (χ0n) is 11.6. The van der Waals surface area contributed by atoms with Crippen molar-refractivity contribution in [2.45, 2.75) is 6.10 Å². The van der Waals surface area contributed by atoms with Gasteiger partial charge in [-0.25, -0.2) is 8.78 Å². The minimum absolute atomic E-state index is 0.0325. The molecule has 0 bridgehead atoms. The Kier molecular flexibility index (Phi) is 6.00. The molecule has 4 nitrogen and oxygen atoms in total. The van der Waals surface area contributed by atoms with Gasteiger partial charge in [-0.2, -0.15) is 11.3 Å². The van der Waals surface area contributed by atoms with E-state index >= 15 is 0 Å². The monoisotopic (exact) mass is 327 g/mol. The molecule has 22 heavy (non-hydrogen) atoms. The predicted molar refractivity (Wildman–Crippen MR) is 78.8 cm³/mol. The molecular weight excluding hydrogens is 312 g/mol. The third-order valence-corrected chi connectivity index (χ3v) is 3.66. The summed E-state index contributed by atoms with van der Waals surface area (Å²) in [6.45, 7) is 0.174. The van der Waals surface area contributed by atoms with Crippen LogP contribution in [0.2, 0.25) is 0 Å². The summed E-state index contributed by atoms with van der Waals surface area (Å²) in [7, 11) is 0. The third kappa shape index (κ3) is 4.33. The molecule has 0 aliphatic rings. The lowest BCUT2D eigenvalue weighted by molar-refractivity contribution is 0.0279.